The minimum Gasteiger partial charge on any atom is -0.298 e. The number of alkyl halides is 1. The van der Waals surface area contributed by atoms with Crippen molar-refractivity contribution < 1.29 is 9.59 Å². The summed E-state index contributed by atoms with van der Waals surface area (Å²) >= 11 is 3.15. The molecule has 0 aromatic rings. The maximum atomic E-state index is 11.5. The van der Waals surface area contributed by atoms with Crippen LogP contribution in [0.2, 0.25) is 0 Å². The van der Waals surface area contributed by atoms with Gasteiger partial charge in [0.15, 0.2) is 11.6 Å². The standard InChI is InChI=1S/C10H13BrO2/c11-9-7(12)5-10(6-8(9)13)3-1-2-4-10/h9H,1-6H2. The van der Waals surface area contributed by atoms with Crippen molar-refractivity contribution in [3.63, 3.8) is 0 Å². The molecule has 0 aliphatic heterocycles. The molecule has 0 amide bonds. The number of rotatable bonds is 0. The fourth-order valence-electron chi connectivity index (χ4n) is 2.64. The first-order valence-electron chi connectivity index (χ1n) is 4.83. The summed E-state index contributed by atoms with van der Waals surface area (Å²) in [5, 5.41) is 0. The molecule has 13 heavy (non-hydrogen) atoms. The molecule has 0 bridgehead atoms. The predicted octanol–water partition coefficient (Wildman–Crippen LogP) is 2.24. The number of halogens is 1. The molecule has 0 radical (unpaired) electrons. The van der Waals surface area contributed by atoms with Crippen molar-refractivity contribution >= 4 is 27.5 Å². The minimum atomic E-state index is -0.501. The smallest absolute Gasteiger partial charge is 0.154 e. The lowest BCUT2D eigenvalue weighted by atomic mass is 9.72. The molecule has 0 aromatic heterocycles. The van der Waals surface area contributed by atoms with Crippen LogP contribution in [0.15, 0.2) is 0 Å². The van der Waals surface area contributed by atoms with Gasteiger partial charge in [0, 0.05) is 12.8 Å². The zero-order chi connectivity index (χ0) is 9.47. The van der Waals surface area contributed by atoms with E-state index in [-0.39, 0.29) is 17.0 Å². The molecule has 0 aromatic carbocycles. The summed E-state index contributed by atoms with van der Waals surface area (Å²) in [5.74, 6) is 0.191. The lowest BCUT2D eigenvalue weighted by Crippen LogP contribution is -2.39. The summed E-state index contributed by atoms with van der Waals surface area (Å²) in [4.78, 5) is 22.5. The number of hydrogen-bond donors (Lipinski definition) is 0. The molecule has 2 saturated carbocycles. The van der Waals surface area contributed by atoms with Gasteiger partial charge < -0.3 is 0 Å². The summed E-state index contributed by atoms with van der Waals surface area (Å²) in [5.41, 5.74) is 0.0679. The Balaban J connectivity index is 2.17. The SMILES string of the molecule is O=C1CC2(CCCC2)CC(=O)C1Br. The number of carbonyl (C=O) groups excluding carboxylic acids is 2. The van der Waals surface area contributed by atoms with Gasteiger partial charge in [-0.2, -0.15) is 0 Å². The average Bonchev–Trinajstić information content (AvgIpc) is 2.49. The van der Waals surface area contributed by atoms with E-state index in [9.17, 15) is 9.59 Å². The normalized spacial score (nSPS) is 28.7. The van der Waals surface area contributed by atoms with Crippen LogP contribution >= 0.6 is 15.9 Å². The van der Waals surface area contributed by atoms with E-state index in [4.69, 9.17) is 0 Å². The molecule has 1 spiro atoms. The van der Waals surface area contributed by atoms with E-state index < -0.39 is 4.83 Å². The molecule has 0 unspecified atom stereocenters. The Hall–Kier alpha value is -0.180. The molecule has 3 heteroatoms. The maximum Gasteiger partial charge on any atom is 0.154 e. The number of Topliss-reactive ketones (excluding diaryl/α,β-unsaturated/α-hetero) is 2. The van der Waals surface area contributed by atoms with Crippen LogP contribution < -0.4 is 0 Å². The molecule has 0 N–H and O–H groups in total. The second-order valence-corrected chi connectivity index (χ2v) is 5.27. The Bertz CT molecular complexity index is 234. The lowest BCUT2D eigenvalue weighted by molar-refractivity contribution is -0.133. The van der Waals surface area contributed by atoms with Crippen molar-refractivity contribution in [3.8, 4) is 0 Å². The fraction of sp³-hybridized carbons (Fsp3) is 0.800. The highest BCUT2D eigenvalue weighted by Gasteiger charge is 2.45. The van der Waals surface area contributed by atoms with Crippen LogP contribution in [0.25, 0.3) is 0 Å². The Labute approximate surface area is 86.2 Å². The van der Waals surface area contributed by atoms with E-state index in [1.807, 2.05) is 0 Å². The highest BCUT2D eigenvalue weighted by molar-refractivity contribution is 9.10. The van der Waals surface area contributed by atoms with Crippen LogP contribution in [0.4, 0.5) is 0 Å². The van der Waals surface area contributed by atoms with Gasteiger partial charge in [-0.3, -0.25) is 9.59 Å². The summed E-state index contributed by atoms with van der Waals surface area (Å²) in [6.45, 7) is 0. The third kappa shape index (κ3) is 1.58. The fourth-order valence-corrected chi connectivity index (χ4v) is 2.96. The van der Waals surface area contributed by atoms with Crippen molar-refractivity contribution in [2.45, 2.75) is 43.4 Å². The van der Waals surface area contributed by atoms with Crippen molar-refractivity contribution in [1.82, 2.24) is 0 Å². The van der Waals surface area contributed by atoms with Gasteiger partial charge in [0.2, 0.25) is 0 Å². The summed E-state index contributed by atoms with van der Waals surface area (Å²) in [6.07, 6.45) is 5.76. The summed E-state index contributed by atoms with van der Waals surface area (Å²) in [7, 11) is 0. The van der Waals surface area contributed by atoms with Crippen molar-refractivity contribution in [1.29, 1.82) is 0 Å². The second-order valence-electron chi connectivity index (χ2n) is 4.36. The zero-order valence-electron chi connectivity index (χ0n) is 7.51. The van der Waals surface area contributed by atoms with Crippen molar-refractivity contribution in [2.24, 2.45) is 5.41 Å². The molecule has 2 aliphatic rings. The lowest BCUT2D eigenvalue weighted by Gasteiger charge is -2.33. The Morgan fingerprint density at radius 3 is 2.00 bits per heavy atom. The van der Waals surface area contributed by atoms with Crippen LogP contribution in [0.5, 0.6) is 0 Å². The highest BCUT2D eigenvalue weighted by atomic mass is 79.9. The van der Waals surface area contributed by atoms with Gasteiger partial charge in [-0.15, -0.1) is 0 Å². The van der Waals surface area contributed by atoms with E-state index >= 15 is 0 Å². The first-order valence-corrected chi connectivity index (χ1v) is 5.74. The first-order chi connectivity index (χ1) is 6.13. The molecule has 2 rings (SSSR count). The van der Waals surface area contributed by atoms with Gasteiger partial charge in [0.05, 0.1) is 0 Å². The van der Waals surface area contributed by atoms with Gasteiger partial charge >= 0.3 is 0 Å². The van der Waals surface area contributed by atoms with E-state index in [0.717, 1.165) is 12.8 Å². The van der Waals surface area contributed by atoms with Crippen LogP contribution in [-0.2, 0) is 9.59 Å². The maximum absolute atomic E-state index is 11.5. The van der Waals surface area contributed by atoms with Crippen LogP contribution in [0, 0.1) is 5.41 Å². The molecule has 2 aliphatic carbocycles. The summed E-state index contributed by atoms with van der Waals surface area (Å²) in [6, 6.07) is 0. The van der Waals surface area contributed by atoms with Gasteiger partial charge in [-0.05, 0) is 18.3 Å². The van der Waals surface area contributed by atoms with E-state index in [0.29, 0.717) is 12.8 Å². The topological polar surface area (TPSA) is 34.1 Å². The van der Waals surface area contributed by atoms with Crippen molar-refractivity contribution in [3.05, 3.63) is 0 Å². The molecular weight excluding hydrogens is 232 g/mol. The Kier molecular flexibility index (Phi) is 2.30. The average molecular weight is 245 g/mol. The van der Waals surface area contributed by atoms with Gasteiger partial charge in [-0.25, -0.2) is 0 Å². The second kappa shape index (κ2) is 3.19. The van der Waals surface area contributed by atoms with Gasteiger partial charge in [0.25, 0.3) is 0 Å². The van der Waals surface area contributed by atoms with Gasteiger partial charge in [0.1, 0.15) is 4.83 Å². The van der Waals surface area contributed by atoms with E-state index in [1.165, 1.54) is 12.8 Å². The first kappa shape index (κ1) is 9.38. The monoisotopic (exact) mass is 244 g/mol. The molecule has 0 atom stereocenters. The van der Waals surface area contributed by atoms with E-state index in [1.54, 1.807) is 0 Å². The quantitative estimate of drug-likeness (QED) is 0.484. The molecule has 2 fully saturated rings. The predicted molar refractivity (Wildman–Crippen MR) is 52.9 cm³/mol. The Morgan fingerprint density at radius 2 is 1.54 bits per heavy atom. The molecular formula is C10H13BrO2. The largest absolute Gasteiger partial charge is 0.298 e. The summed E-state index contributed by atoms with van der Waals surface area (Å²) < 4.78 is 0. The minimum absolute atomic E-state index is 0.0679. The molecule has 0 heterocycles. The van der Waals surface area contributed by atoms with Crippen LogP contribution in [-0.4, -0.2) is 16.4 Å². The molecule has 2 nitrogen and oxygen atoms in total. The number of carbonyl (C=O) groups is 2. The van der Waals surface area contributed by atoms with Crippen LogP contribution in [0.3, 0.4) is 0 Å². The van der Waals surface area contributed by atoms with Crippen LogP contribution in [0.1, 0.15) is 38.5 Å². The Morgan fingerprint density at radius 1 is 1.08 bits per heavy atom. The highest BCUT2D eigenvalue weighted by Crippen LogP contribution is 2.47. The number of hydrogen-bond acceptors (Lipinski definition) is 2. The van der Waals surface area contributed by atoms with E-state index in [2.05, 4.69) is 15.9 Å². The molecule has 0 saturated heterocycles. The third-order valence-corrected chi connectivity index (χ3v) is 4.35. The molecule has 72 valence electrons. The van der Waals surface area contributed by atoms with Gasteiger partial charge in [-0.1, -0.05) is 28.8 Å². The van der Waals surface area contributed by atoms with Crippen molar-refractivity contribution in [2.75, 3.05) is 0 Å². The zero-order valence-corrected chi connectivity index (χ0v) is 9.10. The number of ketones is 2. The third-order valence-electron chi connectivity index (χ3n) is 3.33.